The predicted molar refractivity (Wildman–Crippen MR) is 112 cm³/mol. The third-order valence-electron chi connectivity index (χ3n) is 4.81. The van der Waals surface area contributed by atoms with Crippen molar-refractivity contribution in [2.45, 2.75) is 43.4 Å². The number of sulfonamides is 1. The van der Waals surface area contributed by atoms with Gasteiger partial charge in [0.05, 0.1) is 12.1 Å². The van der Waals surface area contributed by atoms with Gasteiger partial charge in [0.25, 0.3) is 0 Å². The van der Waals surface area contributed by atoms with E-state index in [2.05, 4.69) is 5.10 Å². The molecule has 10 heteroatoms. The molecule has 2 aromatic rings. The van der Waals surface area contributed by atoms with Crippen molar-refractivity contribution in [2.75, 3.05) is 6.61 Å². The van der Waals surface area contributed by atoms with Gasteiger partial charge >= 0.3 is 0 Å². The fraction of sp³-hybridized carbons (Fsp3) is 0.438. The van der Waals surface area contributed by atoms with E-state index in [1.165, 1.54) is 4.13 Å². The van der Waals surface area contributed by atoms with Crippen LogP contribution in [-0.2, 0) is 24.9 Å². The highest BCUT2D eigenvalue weighted by atomic mass is 127. The Hall–Kier alpha value is -0.840. The van der Waals surface area contributed by atoms with Crippen molar-refractivity contribution in [3.8, 4) is 0 Å². The van der Waals surface area contributed by atoms with Gasteiger partial charge in [-0.25, -0.2) is 8.42 Å². The topological polar surface area (TPSA) is 64.4 Å². The summed E-state index contributed by atoms with van der Waals surface area (Å²) in [4.78, 5) is 0. The first-order chi connectivity index (χ1) is 12.4. The van der Waals surface area contributed by atoms with E-state index in [9.17, 15) is 8.42 Å². The van der Waals surface area contributed by atoms with Crippen LogP contribution < -0.4 is 0 Å². The van der Waals surface area contributed by atoms with Crippen LogP contribution >= 0.6 is 23.0 Å². The molecule has 0 saturated heterocycles. The minimum Gasteiger partial charge on any atom is -0.313 e. The molecule has 0 amide bonds. The van der Waals surface area contributed by atoms with Crippen molar-refractivity contribution >= 4 is 47.3 Å². The second-order valence-electron chi connectivity index (χ2n) is 6.71. The zero-order chi connectivity index (χ0) is 18.8. The van der Waals surface area contributed by atoms with Crippen LogP contribution in [0.4, 0.5) is 0 Å². The van der Waals surface area contributed by atoms with Crippen molar-refractivity contribution in [1.82, 2.24) is 13.9 Å². The molecule has 1 aromatic carbocycles. The molecule has 0 spiro atoms. The lowest BCUT2D eigenvalue weighted by molar-refractivity contribution is 0.280. The molecule has 1 heterocycles. The summed E-state index contributed by atoms with van der Waals surface area (Å²) in [5, 5.41) is 4.46. The maximum atomic E-state index is 13.1. The maximum Gasteiger partial charge on any atom is 0.242 e. The minimum atomic E-state index is -3.69. The molecule has 1 saturated carbocycles. The van der Waals surface area contributed by atoms with Gasteiger partial charge in [0.2, 0.25) is 24.3 Å². The van der Waals surface area contributed by atoms with E-state index in [-0.39, 0.29) is 17.4 Å². The molecule has 0 bridgehead atoms. The molecule has 0 unspecified atom stereocenters. The molecule has 3 rings (SSSR count). The Kier molecular flexibility index (Phi) is 6.15. The highest BCUT2D eigenvalue weighted by Crippen LogP contribution is 2.43. The number of nitrogens with zero attached hydrogens (tertiary/aromatic N) is 3. The number of halogens is 1. The highest BCUT2D eigenvalue weighted by molar-refractivity contribution is 14.1. The minimum absolute atomic E-state index is 0.0789. The summed E-state index contributed by atoms with van der Waals surface area (Å²) in [5.74, 6) is 0. The maximum absolute atomic E-state index is 13.1. The molecule has 26 heavy (non-hydrogen) atoms. The van der Waals surface area contributed by atoms with Gasteiger partial charge in [-0.15, -0.1) is 0 Å². The largest absolute Gasteiger partial charge is 0.313 e. The van der Waals surface area contributed by atoms with Crippen LogP contribution in [0.3, 0.4) is 0 Å². The van der Waals surface area contributed by atoms with Gasteiger partial charge < -0.3 is 3.07 Å². The lowest BCUT2D eigenvalue weighted by atomic mass is 9.56. The van der Waals surface area contributed by atoms with Crippen molar-refractivity contribution in [3.05, 3.63) is 48.2 Å². The van der Waals surface area contributed by atoms with E-state index in [1.54, 1.807) is 31.2 Å². The van der Waals surface area contributed by atoms with E-state index >= 15 is 0 Å². The summed E-state index contributed by atoms with van der Waals surface area (Å²) < 4.78 is 34.6. The van der Waals surface area contributed by atoms with Crippen LogP contribution in [0.25, 0.3) is 0 Å². The molecule has 1 aromatic heterocycles. The fourth-order valence-corrected chi connectivity index (χ4v) is 5.22. The van der Waals surface area contributed by atoms with Crippen molar-refractivity contribution < 1.29 is 11.5 Å². The van der Waals surface area contributed by atoms with E-state index in [0.29, 0.717) is 12.9 Å². The van der Waals surface area contributed by atoms with Crippen LogP contribution in [0.1, 0.15) is 18.4 Å². The van der Waals surface area contributed by atoms with Crippen LogP contribution in [0.2, 0.25) is 13.6 Å². The summed E-state index contributed by atoms with van der Waals surface area (Å²) >= 11 is 1.87. The van der Waals surface area contributed by atoms with Gasteiger partial charge in [0.15, 0.2) is 5.03 Å². The molecule has 1 aliphatic rings. The second-order valence-corrected chi connectivity index (χ2v) is 9.12. The summed E-state index contributed by atoms with van der Waals surface area (Å²) in [5.41, 5.74) is 0.912. The molecule has 0 atom stereocenters. The predicted octanol–water partition coefficient (Wildman–Crippen LogP) is 2.80. The quantitative estimate of drug-likeness (QED) is 0.406. The molecule has 0 N–H and O–H groups in total. The molecule has 137 valence electrons. The second kappa shape index (κ2) is 8.03. The molecule has 1 aliphatic carbocycles. The van der Waals surface area contributed by atoms with Gasteiger partial charge in [-0.3, -0.25) is 8.81 Å². The number of aromatic nitrogens is 2. The first-order valence-electron chi connectivity index (χ1n) is 8.59. The van der Waals surface area contributed by atoms with Crippen LogP contribution in [0.15, 0.2) is 47.6 Å². The van der Waals surface area contributed by atoms with Gasteiger partial charge in [-0.05, 0) is 25.2 Å². The Morgan fingerprint density at radius 3 is 2.62 bits per heavy atom. The molecule has 1 radical (unpaired) electrons. The lowest BCUT2D eigenvalue weighted by Crippen LogP contribution is -2.45. The highest BCUT2D eigenvalue weighted by Gasteiger charge is 2.46. The Bertz CT molecular complexity index is 843. The third kappa shape index (κ3) is 4.02. The Morgan fingerprint density at radius 2 is 2.04 bits per heavy atom. The van der Waals surface area contributed by atoms with Crippen molar-refractivity contribution in [2.24, 2.45) is 0 Å². The molecule has 0 aliphatic heterocycles. The van der Waals surface area contributed by atoms with Gasteiger partial charge in [0.1, 0.15) is 23.0 Å². The normalized spacial score (nSPS) is 15.8. The van der Waals surface area contributed by atoms with E-state index in [4.69, 9.17) is 3.07 Å². The zero-order valence-electron chi connectivity index (χ0n) is 14.9. The molecular formula is C16H21B2IN3O3S. The fourth-order valence-electron chi connectivity index (χ4n) is 3.18. The smallest absolute Gasteiger partial charge is 0.242 e. The summed E-state index contributed by atoms with van der Waals surface area (Å²) in [6.45, 7) is 3.98. The van der Waals surface area contributed by atoms with Crippen molar-refractivity contribution in [1.29, 1.82) is 0 Å². The lowest BCUT2D eigenvalue weighted by Gasteiger charge is -2.24. The Balaban J connectivity index is 1.80. The van der Waals surface area contributed by atoms with Crippen LogP contribution in [0.5, 0.6) is 0 Å². The van der Waals surface area contributed by atoms with Gasteiger partial charge in [-0.2, -0.15) is 5.10 Å². The van der Waals surface area contributed by atoms with Crippen molar-refractivity contribution in [3.63, 3.8) is 0 Å². The van der Waals surface area contributed by atoms with E-state index in [0.717, 1.165) is 18.4 Å². The SMILES string of the molecule is C[B]N(B(C)Cc1ccccc1)S(=O)(=O)c1ccn(C2(COI)CC2)n1. The van der Waals surface area contributed by atoms with Gasteiger partial charge in [-0.1, -0.05) is 49.5 Å². The number of rotatable bonds is 9. The Morgan fingerprint density at radius 1 is 1.35 bits per heavy atom. The average Bonchev–Trinajstić information content (AvgIpc) is 3.20. The first-order valence-corrected chi connectivity index (χ1v) is 10.9. The molecular weight excluding hydrogens is 463 g/mol. The third-order valence-corrected chi connectivity index (χ3v) is 6.99. The number of hydrogen-bond donors (Lipinski definition) is 0. The Labute approximate surface area is 170 Å². The summed E-state index contributed by atoms with van der Waals surface area (Å²) in [7, 11) is -2.08. The summed E-state index contributed by atoms with van der Waals surface area (Å²) in [6, 6.07) is 11.5. The summed E-state index contributed by atoms with van der Waals surface area (Å²) in [6.07, 6.45) is 4.28. The number of hydrogen-bond acceptors (Lipinski definition) is 4. The first kappa shape index (κ1) is 19.9. The number of benzene rings is 1. The molecule has 6 nitrogen and oxygen atoms in total. The van der Waals surface area contributed by atoms with E-state index in [1.807, 2.05) is 60.2 Å². The van der Waals surface area contributed by atoms with E-state index < -0.39 is 10.0 Å². The van der Waals surface area contributed by atoms with Gasteiger partial charge in [0, 0.05) is 6.20 Å². The molecule has 1 fully saturated rings. The zero-order valence-corrected chi connectivity index (χ0v) is 17.9. The monoisotopic (exact) mass is 484 g/mol. The average molecular weight is 484 g/mol. The van der Waals surface area contributed by atoms with Crippen LogP contribution in [-0.4, -0.2) is 43.2 Å². The standard InChI is InChI=1S/C16H21B2IN3O3S/c1-17-22(18(2)12-14-6-4-3-5-7-14)26(23,24)15-8-11-21(20-15)16(9-10-16)13-25-19/h3-8,11H,9-10,12-13H2,1-2H3. The van der Waals surface area contributed by atoms with Crippen LogP contribution in [0, 0.1) is 0 Å².